The molecule has 0 spiro atoms. The minimum atomic E-state index is -0.121. The summed E-state index contributed by atoms with van der Waals surface area (Å²) < 4.78 is 6.64. The molecule has 1 aromatic heterocycles. The molecule has 1 heterocycles. The summed E-state index contributed by atoms with van der Waals surface area (Å²) in [6, 6.07) is 18.3. The predicted octanol–water partition coefficient (Wildman–Crippen LogP) is 3.97. The van der Waals surface area contributed by atoms with Crippen molar-refractivity contribution >= 4 is 5.95 Å². The second-order valence-corrected chi connectivity index (χ2v) is 6.67. The third-order valence-electron chi connectivity index (χ3n) is 4.72. The fourth-order valence-electron chi connectivity index (χ4n) is 3.06. The van der Waals surface area contributed by atoms with Crippen molar-refractivity contribution in [1.82, 2.24) is 9.55 Å². The molecule has 0 bridgehead atoms. The first kappa shape index (κ1) is 22.2. The van der Waals surface area contributed by atoms with Crippen LogP contribution in [0.25, 0.3) is 0 Å². The number of benzene rings is 2. The number of hydrogen-bond donors (Lipinski definition) is 1. The molecule has 0 saturated carbocycles. The van der Waals surface area contributed by atoms with Crippen LogP contribution in [0.3, 0.4) is 0 Å². The Morgan fingerprint density at radius 1 is 0.897 bits per heavy atom. The molecule has 0 aliphatic carbocycles. The molecule has 0 atom stereocenters. The minimum Gasteiger partial charge on any atom is -0.497 e. The first-order valence-corrected chi connectivity index (χ1v) is 10.1. The molecule has 0 radical (unpaired) electrons. The zero-order valence-electron chi connectivity index (χ0n) is 17.8. The summed E-state index contributed by atoms with van der Waals surface area (Å²) in [5.74, 6) is 1.14. The summed E-state index contributed by atoms with van der Waals surface area (Å²) in [6.45, 7) is 4.00. The molecule has 5 heteroatoms. The molecule has 3 aromatic rings. The van der Waals surface area contributed by atoms with Crippen molar-refractivity contribution in [2.45, 2.75) is 39.5 Å². The van der Waals surface area contributed by atoms with E-state index in [1.165, 1.54) is 21.3 Å². The van der Waals surface area contributed by atoms with Crippen molar-refractivity contribution in [2.24, 2.45) is 7.05 Å². The summed E-state index contributed by atoms with van der Waals surface area (Å²) in [6.07, 6.45) is 3.46. The van der Waals surface area contributed by atoms with Gasteiger partial charge in [-0.3, -0.25) is 9.36 Å². The van der Waals surface area contributed by atoms with E-state index in [4.69, 9.17) is 10.5 Å². The number of nitrogens with two attached hydrogens (primary N) is 1. The maximum Gasteiger partial charge on any atom is 0.254 e. The zero-order chi connectivity index (χ0) is 21.2. The van der Waals surface area contributed by atoms with Gasteiger partial charge in [-0.05, 0) is 54.5 Å². The quantitative estimate of drug-likeness (QED) is 0.659. The van der Waals surface area contributed by atoms with E-state index in [1.54, 1.807) is 20.2 Å². The third kappa shape index (κ3) is 6.49. The van der Waals surface area contributed by atoms with Crippen molar-refractivity contribution < 1.29 is 4.74 Å². The number of aryl methyl sites for hydroxylation is 4. The lowest BCUT2D eigenvalue weighted by atomic mass is 10.0. The molecule has 29 heavy (non-hydrogen) atoms. The van der Waals surface area contributed by atoms with E-state index >= 15 is 0 Å². The number of rotatable bonds is 7. The van der Waals surface area contributed by atoms with E-state index in [9.17, 15) is 4.79 Å². The van der Waals surface area contributed by atoms with Crippen molar-refractivity contribution in [3.8, 4) is 5.75 Å². The fourth-order valence-corrected chi connectivity index (χ4v) is 3.06. The summed E-state index contributed by atoms with van der Waals surface area (Å²) in [4.78, 5) is 16.1. The fraction of sp³-hybridized carbons (Fsp3) is 0.333. The van der Waals surface area contributed by atoms with Gasteiger partial charge in [0.05, 0.1) is 12.8 Å². The predicted molar refractivity (Wildman–Crippen MR) is 119 cm³/mol. The minimum absolute atomic E-state index is 0.121. The molecular formula is C24H31N3O2. The lowest BCUT2D eigenvalue weighted by molar-refractivity contribution is 0.414. The molecule has 2 aromatic carbocycles. The van der Waals surface area contributed by atoms with Crippen LogP contribution < -0.4 is 16.0 Å². The highest BCUT2D eigenvalue weighted by molar-refractivity contribution is 5.30. The van der Waals surface area contributed by atoms with Crippen LogP contribution in [0.4, 0.5) is 5.95 Å². The van der Waals surface area contributed by atoms with Gasteiger partial charge in [0.1, 0.15) is 5.75 Å². The van der Waals surface area contributed by atoms with Crippen molar-refractivity contribution in [3.63, 3.8) is 0 Å². The number of ether oxygens (including phenoxy) is 1. The zero-order valence-corrected chi connectivity index (χ0v) is 17.8. The third-order valence-corrected chi connectivity index (χ3v) is 4.72. The average Bonchev–Trinajstić information content (AvgIpc) is 2.76. The van der Waals surface area contributed by atoms with E-state index in [-0.39, 0.29) is 11.5 Å². The molecule has 0 amide bonds. The summed E-state index contributed by atoms with van der Waals surface area (Å²) in [5.41, 5.74) is 10.2. The van der Waals surface area contributed by atoms with E-state index in [0.717, 1.165) is 30.7 Å². The Balaban J connectivity index is 0.00000145. The Labute approximate surface area is 173 Å². The average molecular weight is 394 g/mol. The lowest BCUT2D eigenvalue weighted by Gasteiger charge is -2.08. The number of aromatic nitrogens is 2. The van der Waals surface area contributed by atoms with E-state index < -0.39 is 0 Å². The SMILES string of the molecule is CC.COc1cccc(CCc2cccc(CCc3cc(=O)n(C)c(N)n3)c2)c1. The van der Waals surface area contributed by atoms with Crippen molar-refractivity contribution in [3.05, 3.63) is 87.3 Å². The molecule has 3 rings (SSSR count). The van der Waals surface area contributed by atoms with Crippen molar-refractivity contribution in [1.29, 1.82) is 0 Å². The molecule has 0 fully saturated rings. The smallest absolute Gasteiger partial charge is 0.254 e. The Bertz CT molecular complexity index is 980. The number of methoxy groups -OCH3 is 1. The maximum absolute atomic E-state index is 11.8. The van der Waals surface area contributed by atoms with Crippen LogP contribution in [0.1, 0.15) is 36.2 Å². The van der Waals surface area contributed by atoms with Crippen LogP contribution in [-0.4, -0.2) is 16.7 Å². The van der Waals surface area contributed by atoms with Crippen LogP contribution in [0.5, 0.6) is 5.75 Å². The monoisotopic (exact) mass is 393 g/mol. The van der Waals surface area contributed by atoms with Gasteiger partial charge < -0.3 is 10.5 Å². The molecule has 154 valence electrons. The normalized spacial score (nSPS) is 10.2. The van der Waals surface area contributed by atoms with Crippen LogP contribution >= 0.6 is 0 Å². The second-order valence-electron chi connectivity index (χ2n) is 6.67. The highest BCUT2D eigenvalue weighted by atomic mass is 16.5. The van der Waals surface area contributed by atoms with E-state index in [0.29, 0.717) is 6.42 Å². The van der Waals surface area contributed by atoms with Crippen molar-refractivity contribution in [2.75, 3.05) is 12.8 Å². The first-order valence-electron chi connectivity index (χ1n) is 10.1. The topological polar surface area (TPSA) is 70.1 Å². The number of nitrogens with zero attached hydrogens (tertiary/aromatic N) is 2. The summed E-state index contributed by atoms with van der Waals surface area (Å²) >= 11 is 0. The second kappa shape index (κ2) is 11.1. The Morgan fingerprint density at radius 2 is 1.45 bits per heavy atom. The van der Waals surface area contributed by atoms with Crippen LogP contribution in [0, 0.1) is 0 Å². The van der Waals surface area contributed by atoms with Gasteiger partial charge in [-0.1, -0.05) is 50.2 Å². The van der Waals surface area contributed by atoms with Gasteiger partial charge in [0.25, 0.3) is 5.56 Å². The van der Waals surface area contributed by atoms with E-state index in [1.807, 2.05) is 26.0 Å². The Kier molecular flexibility index (Phi) is 8.46. The van der Waals surface area contributed by atoms with Gasteiger partial charge in [-0.15, -0.1) is 0 Å². The Morgan fingerprint density at radius 3 is 2.03 bits per heavy atom. The summed E-state index contributed by atoms with van der Waals surface area (Å²) in [7, 11) is 3.31. The number of hydrogen-bond acceptors (Lipinski definition) is 4. The van der Waals surface area contributed by atoms with Crippen LogP contribution in [0.15, 0.2) is 59.4 Å². The van der Waals surface area contributed by atoms with Gasteiger partial charge in [-0.2, -0.15) is 0 Å². The maximum atomic E-state index is 11.8. The molecule has 0 aliphatic rings. The molecule has 5 nitrogen and oxygen atoms in total. The molecule has 2 N–H and O–H groups in total. The first-order chi connectivity index (χ1) is 14.0. The van der Waals surface area contributed by atoms with Crippen LogP contribution in [0.2, 0.25) is 0 Å². The number of nitrogen functional groups attached to an aromatic ring is 1. The van der Waals surface area contributed by atoms with Gasteiger partial charge in [-0.25, -0.2) is 4.98 Å². The largest absolute Gasteiger partial charge is 0.497 e. The van der Waals surface area contributed by atoms with Gasteiger partial charge in [0.15, 0.2) is 0 Å². The van der Waals surface area contributed by atoms with Gasteiger partial charge in [0.2, 0.25) is 5.95 Å². The highest BCUT2D eigenvalue weighted by Crippen LogP contribution is 2.16. The van der Waals surface area contributed by atoms with Gasteiger partial charge in [0, 0.05) is 13.1 Å². The molecular weight excluding hydrogens is 362 g/mol. The Hall–Kier alpha value is -3.08. The van der Waals surface area contributed by atoms with E-state index in [2.05, 4.69) is 41.4 Å². The standard InChI is InChI=1S/C22H25N3O2.C2H6/c1-25-21(26)15-19(24-22(25)23)12-11-17-6-3-5-16(13-17)9-10-18-7-4-8-20(14-18)27-2;1-2/h3-8,13-15H,9-12H2,1-2H3,(H2,23,24);1-2H3. The molecule has 0 aliphatic heterocycles. The van der Waals surface area contributed by atoms with Gasteiger partial charge >= 0.3 is 0 Å². The van der Waals surface area contributed by atoms with Crippen LogP contribution in [-0.2, 0) is 32.7 Å². The molecule has 0 saturated heterocycles. The highest BCUT2D eigenvalue weighted by Gasteiger charge is 2.04. The number of anilines is 1. The molecule has 0 unspecified atom stereocenters. The lowest BCUT2D eigenvalue weighted by Crippen LogP contribution is -2.21. The summed E-state index contributed by atoms with van der Waals surface area (Å²) in [5, 5.41) is 0.